The van der Waals surface area contributed by atoms with Crippen molar-refractivity contribution in [3.63, 3.8) is 0 Å². The van der Waals surface area contributed by atoms with Crippen molar-refractivity contribution < 1.29 is 18.3 Å². The van der Waals surface area contributed by atoms with Gasteiger partial charge in [-0.1, -0.05) is 11.8 Å². The number of nitrogens with zero attached hydrogens (tertiary/aromatic N) is 1. The fourth-order valence-corrected chi connectivity index (χ4v) is 2.58. The number of aromatic nitrogens is 1. The number of pyridine rings is 1. The van der Waals surface area contributed by atoms with Crippen molar-refractivity contribution in [3.05, 3.63) is 24.0 Å². The molecule has 7 heteroatoms. The van der Waals surface area contributed by atoms with Crippen LogP contribution < -0.4 is 4.72 Å². The van der Waals surface area contributed by atoms with Gasteiger partial charge in [-0.3, -0.25) is 4.98 Å². The Bertz CT molecular complexity index is 590. The molecule has 0 radical (unpaired) electrons. The van der Waals surface area contributed by atoms with Crippen molar-refractivity contribution in [2.75, 3.05) is 26.9 Å². The van der Waals surface area contributed by atoms with Crippen LogP contribution in [0.2, 0.25) is 0 Å². The fraction of sp³-hybridized carbons (Fsp3) is 0.500. The lowest BCUT2D eigenvalue weighted by atomic mass is 10.3. The minimum absolute atomic E-state index is 0.0263. The minimum atomic E-state index is -3.57. The highest BCUT2D eigenvalue weighted by atomic mass is 32.2. The van der Waals surface area contributed by atoms with Crippen LogP contribution >= 0.6 is 0 Å². The SMILES string of the molecule is COCCCCNS(=O)(=O)c1cncc(C#CCCO)c1. The van der Waals surface area contributed by atoms with Gasteiger partial charge in [0.15, 0.2) is 0 Å². The predicted octanol–water partition coefficient (Wildman–Crippen LogP) is 0.520. The van der Waals surface area contributed by atoms with Gasteiger partial charge in [0.05, 0.1) is 6.61 Å². The van der Waals surface area contributed by atoms with Gasteiger partial charge in [-0.2, -0.15) is 0 Å². The first kappa shape index (κ1) is 17.6. The maximum Gasteiger partial charge on any atom is 0.242 e. The van der Waals surface area contributed by atoms with Crippen LogP contribution in [0, 0.1) is 11.8 Å². The van der Waals surface area contributed by atoms with E-state index in [2.05, 4.69) is 21.5 Å². The van der Waals surface area contributed by atoms with Gasteiger partial charge in [-0.15, -0.1) is 0 Å². The van der Waals surface area contributed by atoms with Gasteiger partial charge in [0.25, 0.3) is 0 Å². The first-order chi connectivity index (χ1) is 10.1. The van der Waals surface area contributed by atoms with E-state index in [0.29, 0.717) is 31.6 Å². The van der Waals surface area contributed by atoms with Gasteiger partial charge in [-0.25, -0.2) is 13.1 Å². The number of sulfonamides is 1. The van der Waals surface area contributed by atoms with E-state index >= 15 is 0 Å². The first-order valence-corrected chi connectivity index (χ1v) is 8.12. The van der Waals surface area contributed by atoms with Crippen LogP contribution in [-0.2, 0) is 14.8 Å². The molecule has 1 aromatic rings. The highest BCUT2D eigenvalue weighted by Crippen LogP contribution is 2.09. The van der Waals surface area contributed by atoms with Gasteiger partial charge < -0.3 is 9.84 Å². The summed E-state index contributed by atoms with van der Waals surface area (Å²) in [7, 11) is -1.96. The van der Waals surface area contributed by atoms with E-state index in [4.69, 9.17) is 9.84 Å². The average Bonchev–Trinajstić information content (AvgIpc) is 2.48. The summed E-state index contributed by atoms with van der Waals surface area (Å²) in [6.45, 7) is 0.937. The molecule has 6 nitrogen and oxygen atoms in total. The first-order valence-electron chi connectivity index (χ1n) is 6.63. The molecule has 0 atom stereocenters. The minimum Gasteiger partial charge on any atom is -0.395 e. The Morgan fingerprint density at radius 3 is 2.90 bits per heavy atom. The summed E-state index contributed by atoms with van der Waals surface area (Å²) in [5.41, 5.74) is 0.505. The maximum absolute atomic E-state index is 12.1. The van der Waals surface area contributed by atoms with Crippen molar-refractivity contribution >= 4 is 10.0 Å². The molecule has 1 heterocycles. The third-order valence-electron chi connectivity index (χ3n) is 2.56. The Kier molecular flexibility index (Phi) is 7.93. The molecule has 0 aliphatic heterocycles. The number of aliphatic hydroxyl groups is 1. The van der Waals surface area contributed by atoms with Crippen LogP contribution in [0.15, 0.2) is 23.4 Å². The molecule has 0 aliphatic carbocycles. The van der Waals surface area contributed by atoms with Crippen molar-refractivity contribution in [2.24, 2.45) is 0 Å². The second kappa shape index (κ2) is 9.47. The molecule has 0 saturated carbocycles. The van der Waals surface area contributed by atoms with Gasteiger partial charge >= 0.3 is 0 Å². The van der Waals surface area contributed by atoms with E-state index in [9.17, 15) is 8.42 Å². The van der Waals surface area contributed by atoms with Crippen molar-refractivity contribution in [1.82, 2.24) is 9.71 Å². The topological polar surface area (TPSA) is 88.5 Å². The largest absolute Gasteiger partial charge is 0.395 e. The molecule has 21 heavy (non-hydrogen) atoms. The number of nitrogens with one attached hydrogen (secondary N) is 1. The summed E-state index contributed by atoms with van der Waals surface area (Å²) in [4.78, 5) is 3.97. The van der Waals surface area contributed by atoms with Crippen LogP contribution in [0.1, 0.15) is 24.8 Å². The summed E-state index contributed by atoms with van der Waals surface area (Å²) in [5, 5.41) is 8.65. The molecule has 0 saturated heterocycles. The summed E-state index contributed by atoms with van der Waals surface area (Å²) >= 11 is 0. The third-order valence-corrected chi connectivity index (χ3v) is 3.99. The molecule has 0 amide bonds. The molecule has 0 spiro atoms. The molecule has 116 valence electrons. The molecular formula is C14H20N2O4S. The van der Waals surface area contributed by atoms with Gasteiger partial charge in [0, 0.05) is 44.6 Å². The van der Waals surface area contributed by atoms with E-state index in [1.54, 1.807) is 7.11 Å². The standard InChI is InChI=1S/C14H20N2O4S/c1-20-9-5-3-7-16-21(18,19)14-10-13(11-15-12-14)6-2-4-8-17/h10-12,16-17H,3-5,7-9H2,1H3. The van der Waals surface area contributed by atoms with Crippen LogP contribution in [0.5, 0.6) is 0 Å². The molecule has 1 aromatic heterocycles. The Hall–Kier alpha value is -1.46. The fourth-order valence-electron chi connectivity index (χ4n) is 1.52. The van der Waals surface area contributed by atoms with Crippen LogP contribution in [0.25, 0.3) is 0 Å². The second-order valence-corrected chi connectivity index (χ2v) is 6.05. The number of ether oxygens (including phenoxy) is 1. The molecule has 2 N–H and O–H groups in total. The quantitative estimate of drug-likeness (QED) is 0.540. The number of unbranched alkanes of at least 4 members (excludes halogenated alkanes) is 1. The number of methoxy groups -OCH3 is 1. The molecule has 0 aromatic carbocycles. The number of rotatable bonds is 8. The lowest BCUT2D eigenvalue weighted by Gasteiger charge is -2.06. The predicted molar refractivity (Wildman–Crippen MR) is 79.1 cm³/mol. The Morgan fingerprint density at radius 2 is 2.19 bits per heavy atom. The highest BCUT2D eigenvalue weighted by molar-refractivity contribution is 7.89. The molecule has 0 aliphatic rings. The number of hydrogen-bond acceptors (Lipinski definition) is 5. The lowest BCUT2D eigenvalue weighted by molar-refractivity contribution is 0.193. The normalized spacial score (nSPS) is 11.0. The molecule has 0 fully saturated rings. The zero-order valence-corrected chi connectivity index (χ0v) is 12.8. The van der Waals surface area contributed by atoms with E-state index in [-0.39, 0.29) is 11.5 Å². The summed E-state index contributed by atoms with van der Waals surface area (Å²) < 4.78 is 31.6. The molecule has 1 rings (SSSR count). The van der Waals surface area contributed by atoms with Gasteiger partial charge in [0.2, 0.25) is 10.0 Å². The zero-order valence-electron chi connectivity index (χ0n) is 12.0. The lowest BCUT2D eigenvalue weighted by Crippen LogP contribution is -2.25. The molecule has 0 bridgehead atoms. The summed E-state index contributed by atoms with van der Waals surface area (Å²) in [5.74, 6) is 5.49. The monoisotopic (exact) mass is 312 g/mol. The second-order valence-electron chi connectivity index (χ2n) is 4.28. The summed E-state index contributed by atoms with van der Waals surface area (Å²) in [6.07, 6.45) is 4.62. The van der Waals surface area contributed by atoms with Gasteiger partial charge in [0.1, 0.15) is 4.90 Å². The van der Waals surface area contributed by atoms with Crippen molar-refractivity contribution in [1.29, 1.82) is 0 Å². The van der Waals surface area contributed by atoms with Crippen molar-refractivity contribution in [2.45, 2.75) is 24.2 Å². The number of hydrogen-bond donors (Lipinski definition) is 2. The zero-order chi connectivity index (χ0) is 15.6. The highest BCUT2D eigenvalue weighted by Gasteiger charge is 2.13. The third kappa shape index (κ3) is 6.69. The van der Waals surface area contributed by atoms with Crippen LogP contribution in [-0.4, -0.2) is 45.4 Å². The van der Waals surface area contributed by atoms with Gasteiger partial charge in [-0.05, 0) is 18.9 Å². The van der Waals surface area contributed by atoms with Crippen molar-refractivity contribution in [3.8, 4) is 11.8 Å². The Morgan fingerprint density at radius 1 is 1.38 bits per heavy atom. The molecular weight excluding hydrogens is 292 g/mol. The maximum atomic E-state index is 12.1. The van der Waals surface area contributed by atoms with Crippen LogP contribution in [0.4, 0.5) is 0 Å². The van der Waals surface area contributed by atoms with E-state index < -0.39 is 10.0 Å². The Labute approximate surface area is 125 Å². The number of aliphatic hydroxyl groups excluding tert-OH is 1. The van der Waals surface area contributed by atoms with E-state index in [1.807, 2.05) is 0 Å². The van der Waals surface area contributed by atoms with Crippen LogP contribution in [0.3, 0.4) is 0 Å². The molecule has 0 unspecified atom stereocenters. The van der Waals surface area contributed by atoms with E-state index in [0.717, 1.165) is 6.42 Å². The smallest absolute Gasteiger partial charge is 0.242 e. The summed E-state index contributed by atoms with van der Waals surface area (Å²) in [6, 6.07) is 1.47. The van der Waals surface area contributed by atoms with E-state index in [1.165, 1.54) is 18.5 Å². The average molecular weight is 312 g/mol. The Balaban J connectivity index is 2.66.